The molecule has 1 unspecified atom stereocenters. The van der Waals surface area contributed by atoms with Crippen molar-refractivity contribution in [2.75, 3.05) is 32.8 Å². The van der Waals surface area contributed by atoms with Crippen molar-refractivity contribution in [2.24, 2.45) is 5.92 Å². The number of ether oxygens (including phenoxy) is 2. The van der Waals surface area contributed by atoms with Gasteiger partial charge in [0.15, 0.2) is 5.76 Å². The molecule has 3 heterocycles. The fraction of sp³-hybridized carbons (Fsp3) is 0.276. The van der Waals surface area contributed by atoms with Gasteiger partial charge >= 0.3 is 0 Å². The number of benzene rings is 3. The third-order valence-corrected chi connectivity index (χ3v) is 7.19. The molecule has 8 heteroatoms. The first-order chi connectivity index (χ1) is 17.6. The lowest BCUT2D eigenvalue weighted by molar-refractivity contribution is 0.00916. The molecule has 0 saturated carbocycles. The standard InChI is InChI=1S/C29H27ClN2O4.ClH/c30-26-4-2-1-3-25(26)28-27(29(36-31-28)21-5-9-22(33)10-6-21)20-7-11-23(12-8-20)35-24-16-32(17-24)15-19-13-14-34-18-19;/h1-12,19,24,33H,13-18H2;1H. The minimum absolute atomic E-state index is 0. The molecule has 3 aromatic carbocycles. The number of phenols is 1. The third kappa shape index (κ3) is 5.48. The topological polar surface area (TPSA) is 68.0 Å². The summed E-state index contributed by atoms with van der Waals surface area (Å²) in [6.45, 7) is 4.77. The number of aromatic hydroxyl groups is 1. The summed E-state index contributed by atoms with van der Waals surface area (Å²) in [5, 5.41) is 14.7. The van der Waals surface area contributed by atoms with Crippen LogP contribution in [0.1, 0.15) is 6.42 Å². The van der Waals surface area contributed by atoms with Crippen LogP contribution in [0.5, 0.6) is 11.5 Å². The molecule has 6 nitrogen and oxygen atoms in total. The largest absolute Gasteiger partial charge is 0.508 e. The first kappa shape index (κ1) is 25.6. The number of rotatable bonds is 7. The van der Waals surface area contributed by atoms with E-state index >= 15 is 0 Å². The third-order valence-electron chi connectivity index (χ3n) is 6.86. The van der Waals surface area contributed by atoms with Crippen molar-refractivity contribution in [3.8, 4) is 45.2 Å². The smallest absolute Gasteiger partial charge is 0.175 e. The Morgan fingerprint density at radius 3 is 2.41 bits per heavy atom. The SMILES string of the molecule is Cl.Oc1ccc(-c2onc(-c3ccccc3Cl)c2-c2ccc(OC3CN(CC4CCOC4)C3)cc2)cc1. The van der Waals surface area contributed by atoms with Gasteiger partial charge in [0.05, 0.1) is 17.2 Å². The van der Waals surface area contributed by atoms with Crippen molar-refractivity contribution < 1.29 is 19.1 Å². The monoisotopic (exact) mass is 538 g/mol. The van der Waals surface area contributed by atoms with Gasteiger partial charge in [0.2, 0.25) is 0 Å². The quantitative estimate of drug-likeness (QED) is 0.287. The maximum atomic E-state index is 9.74. The van der Waals surface area contributed by atoms with Crippen LogP contribution in [-0.2, 0) is 4.74 Å². The number of hydrogen-bond donors (Lipinski definition) is 1. The average Bonchev–Trinajstić information content (AvgIpc) is 3.54. The van der Waals surface area contributed by atoms with Crippen LogP contribution in [-0.4, -0.2) is 54.1 Å². The highest BCUT2D eigenvalue weighted by Crippen LogP contribution is 2.42. The predicted molar refractivity (Wildman–Crippen MR) is 147 cm³/mol. The summed E-state index contributed by atoms with van der Waals surface area (Å²) in [6.07, 6.45) is 1.37. The Morgan fingerprint density at radius 2 is 1.70 bits per heavy atom. The van der Waals surface area contributed by atoms with Crippen LogP contribution in [0.2, 0.25) is 5.02 Å². The van der Waals surface area contributed by atoms with Crippen LogP contribution in [0.15, 0.2) is 77.3 Å². The molecule has 1 aromatic heterocycles. The van der Waals surface area contributed by atoms with Crippen LogP contribution in [0.25, 0.3) is 33.7 Å². The second-order valence-corrected chi connectivity index (χ2v) is 9.88. The van der Waals surface area contributed by atoms with E-state index in [2.05, 4.69) is 10.1 Å². The van der Waals surface area contributed by atoms with Crippen molar-refractivity contribution in [1.29, 1.82) is 0 Å². The van der Waals surface area contributed by atoms with E-state index in [0.717, 1.165) is 67.3 Å². The van der Waals surface area contributed by atoms with E-state index in [1.807, 2.05) is 60.7 Å². The summed E-state index contributed by atoms with van der Waals surface area (Å²) >= 11 is 6.52. The normalized spacial score (nSPS) is 17.8. The molecule has 1 atom stereocenters. The minimum Gasteiger partial charge on any atom is -0.508 e. The highest BCUT2D eigenvalue weighted by atomic mass is 35.5. The molecule has 2 aliphatic rings. The van der Waals surface area contributed by atoms with Gasteiger partial charge in [0.1, 0.15) is 23.3 Å². The number of halogens is 2. The first-order valence-electron chi connectivity index (χ1n) is 12.3. The van der Waals surface area contributed by atoms with Crippen molar-refractivity contribution in [1.82, 2.24) is 10.1 Å². The van der Waals surface area contributed by atoms with Crippen LogP contribution in [0, 0.1) is 5.92 Å². The van der Waals surface area contributed by atoms with Crippen LogP contribution in [0.3, 0.4) is 0 Å². The lowest BCUT2D eigenvalue weighted by Gasteiger charge is -2.40. The maximum Gasteiger partial charge on any atom is 0.175 e. The van der Waals surface area contributed by atoms with Gasteiger partial charge in [0, 0.05) is 37.4 Å². The molecule has 0 amide bonds. The molecule has 0 bridgehead atoms. The predicted octanol–water partition coefficient (Wildman–Crippen LogP) is 6.56. The zero-order valence-corrected chi connectivity index (χ0v) is 21.8. The molecule has 4 aromatic rings. The van der Waals surface area contributed by atoms with E-state index in [1.54, 1.807) is 12.1 Å². The Morgan fingerprint density at radius 1 is 0.973 bits per heavy atom. The fourth-order valence-electron chi connectivity index (χ4n) is 4.94. The van der Waals surface area contributed by atoms with Crippen LogP contribution in [0.4, 0.5) is 0 Å². The summed E-state index contributed by atoms with van der Waals surface area (Å²) in [4.78, 5) is 2.44. The number of aromatic nitrogens is 1. The van der Waals surface area contributed by atoms with E-state index < -0.39 is 0 Å². The molecule has 0 spiro atoms. The molecule has 1 N–H and O–H groups in total. The number of likely N-dealkylation sites (tertiary alicyclic amines) is 1. The number of nitrogens with zero attached hydrogens (tertiary/aromatic N) is 2. The lowest BCUT2D eigenvalue weighted by Crippen LogP contribution is -2.55. The van der Waals surface area contributed by atoms with Crippen LogP contribution < -0.4 is 4.74 Å². The Bertz CT molecular complexity index is 1330. The molecule has 192 valence electrons. The molecule has 2 saturated heterocycles. The number of phenolic OH excluding ortho intramolecular Hbond substituents is 1. The maximum absolute atomic E-state index is 9.74. The van der Waals surface area contributed by atoms with Gasteiger partial charge in [-0.1, -0.05) is 47.1 Å². The zero-order valence-electron chi connectivity index (χ0n) is 20.2. The van der Waals surface area contributed by atoms with Gasteiger partial charge in [-0.2, -0.15) is 0 Å². The molecular weight excluding hydrogens is 511 g/mol. The average molecular weight is 539 g/mol. The van der Waals surface area contributed by atoms with Crippen molar-refractivity contribution >= 4 is 24.0 Å². The van der Waals surface area contributed by atoms with Gasteiger partial charge in [-0.05, 0) is 60.4 Å². The van der Waals surface area contributed by atoms with Gasteiger partial charge < -0.3 is 19.1 Å². The minimum atomic E-state index is 0. The van der Waals surface area contributed by atoms with Gasteiger partial charge in [0.25, 0.3) is 0 Å². The van der Waals surface area contributed by atoms with Crippen molar-refractivity contribution in [2.45, 2.75) is 12.5 Å². The Hall–Kier alpha value is -3.03. The summed E-state index contributed by atoms with van der Waals surface area (Å²) in [7, 11) is 0. The molecule has 0 aliphatic carbocycles. The van der Waals surface area contributed by atoms with Gasteiger partial charge in [-0.3, -0.25) is 4.90 Å². The lowest BCUT2D eigenvalue weighted by atomic mass is 9.96. The Balaban J connectivity index is 0.00000280. The molecule has 6 rings (SSSR count). The summed E-state index contributed by atoms with van der Waals surface area (Å²) in [6, 6.07) is 22.5. The highest BCUT2D eigenvalue weighted by molar-refractivity contribution is 6.33. The molecular formula is C29H28Cl2N2O4. The van der Waals surface area contributed by atoms with E-state index in [-0.39, 0.29) is 24.3 Å². The second kappa shape index (κ2) is 11.2. The van der Waals surface area contributed by atoms with E-state index in [1.165, 1.54) is 0 Å². The zero-order chi connectivity index (χ0) is 24.5. The van der Waals surface area contributed by atoms with E-state index in [9.17, 15) is 5.11 Å². The van der Waals surface area contributed by atoms with Crippen molar-refractivity contribution in [3.05, 3.63) is 77.8 Å². The highest BCUT2D eigenvalue weighted by Gasteiger charge is 2.31. The molecule has 0 radical (unpaired) electrons. The van der Waals surface area contributed by atoms with Gasteiger partial charge in [-0.15, -0.1) is 12.4 Å². The van der Waals surface area contributed by atoms with Crippen LogP contribution >= 0.6 is 24.0 Å². The molecule has 37 heavy (non-hydrogen) atoms. The fourth-order valence-corrected chi connectivity index (χ4v) is 5.16. The van der Waals surface area contributed by atoms with Gasteiger partial charge in [-0.25, -0.2) is 0 Å². The Kier molecular flexibility index (Phi) is 7.72. The first-order valence-corrected chi connectivity index (χ1v) is 12.6. The van der Waals surface area contributed by atoms with E-state index in [0.29, 0.717) is 22.4 Å². The summed E-state index contributed by atoms with van der Waals surface area (Å²) in [5.74, 6) is 2.31. The molecule has 2 aliphatic heterocycles. The summed E-state index contributed by atoms with van der Waals surface area (Å²) < 4.78 is 17.5. The Labute approximate surface area is 227 Å². The summed E-state index contributed by atoms with van der Waals surface area (Å²) in [5.41, 5.74) is 4.07. The second-order valence-electron chi connectivity index (χ2n) is 9.47. The van der Waals surface area contributed by atoms with E-state index in [4.69, 9.17) is 25.6 Å². The molecule has 2 fully saturated rings. The van der Waals surface area contributed by atoms with Crippen molar-refractivity contribution in [3.63, 3.8) is 0 Å². The number of hydrogen-bond acceptors (Lipinski definition) is 6.